The Morgan fingerprint density at radius 3 is 2.91 bits per heavy atom. The van der Waals surface area contributed by atoms with E-state index < -0.39 is 12.0 Å². The lowest BCUT2D eigenvalue weighted by atomic mass is 10.1. The van der Waals surface area contributed by atoms with Gasteiger partial charge in [-0.15, -0.1) is 0 Å². The Kier molecular flexibility index (Phi) is 4.09. The summed E-state index contributed by atoms with van der Waals surface area (Å²) in [4.78, 5) is 28.6. The topological polar surface area (TPSA) is 82.6 Å². The number of nitrogens with zero attached hydrogens (tertiary/aromatic N) is 1. The number of hydrogen-bond acceptors (Lipinski definition) is 3. The van der Waals surface area contributed by atoms with Crippen molar-refractivity contribution in [1.82, 2.24) is 9.88 Å². The van der Waals surface area contributed by atoms with Crippen molar-refractivity contribution in [2.45, 2.75) is 26.3 Å². The number of nitrogens with one attached hydrogen (secondary N) is 1. The van der Waals surface area contributed by atoms with E-state index in [1.54, 1.807) is 4.90 Å². The smallest absolute Gasteiger partial charge is 0.305 e. The first-order valence-electron chi connectivity index (χ1n) is 7.67. The predicted molar refractivity (Wildman–Crippen MR) is 85.7 cm³/mol. The molecule has 0 bridgehead atoms. The third-order valence-electron chi connectivity index (χ3n) is 4.47. The normalized spacial score (nSPS) is 18.3. The van der Waals surface area contributed by atoms with E-state index in [1.807, 2.05) is 32.0 Å². The predicted octanol–water partition coefficient (Wildman–Crippen LogP) is 2.10. The van der Waals surface area contributed by atoms with Crippen molar-refractivity contribution in [1.29, 1.82) is 0 Å². The first kappa shape index (κ1) is 15.6. The maximum atomic E-state index is 12.8. The monoisotopic (exact) mass is 316 g/mol. The highest BCUT2D eigenvalue weighted by Gasteiger charge is 2.30. The number of aliphatic carboxylic acids is 1. The Labute approximate surface area is 134 Å². The molecule has 1 aromatic heterocycles. The van der Waals surface area contributed by atoms with E-state index in [1.165, 1.54) is 5.56 Å². The molecule has 0 spiro atoms. The van der Waals surface area contributed by atoms with E-state index in [2.05, 4.69) is 4.98 Å². The summed E-state index contributed by atoms with van der Waals surface area (Å²) in [5, 5.41) is 10.0. The fraction of sp³-hybridized carbons (Fsp3) is 0.412. The molecular formula is C17H20N2O4. The van der Waals surface area contributed by atoms with Gasteiger partial charge in [0.1, 0.15) is 5.69 Å². The van der Waals surface area contributed by atoms with Gasteiger partial charge in [-0.25, -0.2) is 0 Å². The molecule has 1 amide bonds. The van der Waals surface area contributed by atoms with Crippen LogP contribution in [0.1, 0.15) is 28.0 Å². The number of benzene rings is 1. The number of aromatic nitrogens is 1. The molecule has 2 aromatic rings. The summed E-state index contributed by atoms with van der Waals surface area (Å²) < 4.78 is 5.33. The van der Waals surface area contributed by atoms with Gasteiger partial charge in [0.2, 0.25) is 0 Å². The average molecular weight is 316 g/mol. The number of morpholine rings is 1. The van der Waals surface area contributed by atoms with E-state index in [-0.39, 0.29) is 18.9 Å². The van der Waals surface area contributed by atoms with Gasteiger partial charge in [-0.3, -0.25) is 9.59 Å². The lowest BCUT2D eigenvalue weighted by molar-refractivity contribution is -0.139. The molecule has 0 radical (unpaired) electrons. The quantitative estimate of drug-likeness (QED) is 0.908. The summed E-state index contributed by atoms with van der Waals surface area (Å²) in [5.41, 5.74) is 3.72. The van der Waals surface area contributed by atoms with E-state index in [4.69, 9.17) is 9.84 Å². The van der Waals surface area contributed by atoms with Gasteiger partial charge in [0.25, 0.3) is 5.91 Å². The van der Waals surface area contributed by atoms with Crippen LogP contribution in [0.2, 0.25) is 0 Å². The Bertz CT molecular complexity index is 765. The fourth-order valence-corrected chi connectivity index (χ4v) is 3.02. The molecule has 0 saturated carbocycles. The molecule has 122 valence electrons. The summed E-state index contributed by atoms with van der Waals surface area (Å²) in [6.45, 7) is 5.16. The Morgan fingerprint density at radius 1 is 1.39 bits per heavy atom. The molecule has 23 heavy (non-hydrogen) atoms. The van der Waals surface area contributed by atoms with Gasteiger partial charge < -0.3 is 19.7 Å². The lowest BCUT2D eigenvalue weighted by Crippen LogP contribution is -2.49. The molecule has 1 saturated heterocycles. The average Bonchev–Trinajstić information content (AvgIpc) is 2.95. The van der Waals surface area contributed by atoms with Crippen LogP contribution in [-0.2, 0) is 9.53 Å². The van der Waals surface area contributed by atoms with Crippen molar-refractivity contribution in [2.24, 2.45) is 0 Å². The molecule has 2 N–H and O–H groups in total. The zero-order valence-corrected chi connectivity index (χ0v) is 13.3. The molecule has 2 heterocycles. The molecule has 6 nitrogen and oxygen atoms in total. The third kappa shape index (κ3) is 2.94. The van der Waals surface area contributed by atoms with Crippen molar-refractivity contribution >= 4 is 22.8 Å². The van der Waals surface area contributed by atoms with Crippen LogP contribution in [0, 0.1) is 13.8 Å². The molecule has 1 fully saturated rings. The number of aryl methyl sites for hydroxylation is 2. The highest BCUT2D eigenvalue weighted by molar-refractivity contribution is 5.99. The van der Waals surface area contributed by atoms with Crippen LogP contribution < -0.4 is 0 Å². The number of carbonyl (C=O) groups excluding carboxylic acids is 1. The first-order valence-corrected chi connectivity index (χ1v) is 7.67. The van der Waals surface area contributed by atoms with Crippen molar-refractivity contribution < 1.29 is 19.4 Å². The minimum atomic E-state index is -0.929. The van der Waals surface area contributed by atoms with Gasteiger partial charge in [0.15, 0.2) is 0 Å². The van der Waals surface area contributed by atoms with Crippen LogP contribution >= 0.6 is 0 Å². The molecule has 1 aromatic carbocycles. The SMILES string of the molecule is Cc1ccc2[nH]c(C(=O)N3CCOCC3CC(=O)O)cc2c1C. The van der Waals surface area contributed by atoms with Crippen LogP contribution in [0.25, 0.3) is 10.9 Å². The molecular weight excluding hydrogens is 296 g/mol. The lowest BCUT2D eigenvalue weighted by Gasteiger charge is -2.34. The Hall–Kier alpha value is -2.34. The number of H-pyrrole nitrogens is 1. The zero-order valence-electron chi connectivity index (χ0n) is 13.3. The second-order valence-corrected chi connectivity index (χ2v) is 5.98. The van der Waals surface area contributed by atoms with Crippen LogP contribution in [0.15, 0.2) is 18.2 Å². The highest BCUT2D eigenvalue weighted by Crippen LogP contribution is 2.24. The van der Waals surface area contributed by atoms with Gasteiger partial charge in [-0.05, 0) is 37.1 Å². The fourth-order valence-electron chi connectivity index (χ4n) is 3.02. The van der Waals surface area contributed by atoms with Crippen molar-refractivity contribution in [3.8, 4) is 0 Å². The van der Waals surface area contributed by atoms with E-state index >= 15 is 0 Å². The molecule has 6 heteroatoms. The summed E-state index contributed by atoms with van der Waals surface area (Å²) in [5.74, 6) is -1.10. The maximum Gasteiger partial charge on any atom is 0.305 e. The third-order valence-corrected chi connectivity index (χ3v) is 4.47. The number of aromatic amines is 1. The zero-order chi connectivity index (χ0) is 16.6. The number of rotatable bonds is 3. The number of carboxylic acid groups (broad SMARTS) is 1. The van der Waals surface area contributed by atoms with Crippen LogP contribution in [0.4, 0.5) is 0 Å². The van der Waals surface area contributed by atoms with Crippen LogP contribution in [0.3, 0.4) is 0 Å². The van der Waals surface area contributed by atoms with Crippen LogP contribution in [-0.4, -0.2) is 52.7 Å². The highest BCUT2D eigenvalue weighted by atomic mass is 16.5. The molecule has 1 aliphatic rings. The van der Waals surface area contributed by atoms with Gasteiger partial charge in [0.05, 0.1) is 25.7 Å². The van der Waals surface area contributed by atoms with Gasteiger partial charge in [-0.2, -0.15) is 0 Å². The Morgan fingerprint density at radius 2 is 2.17 bits per heavy atom. The van der Waals surface area contributed by atoms with Gasteiger partial charge in [0, 0.05) is 17.4 Å². The minimum Gasteiger partial charge on any atom is -0.481 e. The van der Waals surface area contributed by atoms with Crippen molar-refractivity contribution in [3.05, 3.63) is 35.0 Å². The number of amides is 1. The molecule has 1 atom stereocenters. The summed E-state index contributed by atoms with van der Waals surface area (Å²) in [7, 11) is 0. The van der Waals surface area contributed by atoms with E-state index in [0.29, 0.717) is 18.8 Å². The molecule has 1 unspecified atom stereocenters. The van der Waals surface area contributed by atoms with Gasteiger partial charge in [-0.1, -0.05) is 6.07 Å². The standard InChI is InChI=1S/C17H20N2O4/c1-10-3-4-14-13(11(10)2)8-15(18-14)17(22)19-5-6-23-9-12(19)7-16(20)21/h3-4,8,12,18H,5-7,9H2,1-2H3,(H,20,21). The van der Waals surface area contributed by atoms with Crippen molar-refractivity contribution in [2.75, 3.05) is 19.8 Å². The number of carboxylic acids is 1. The number of carbonyl (C=O) groups is 2. The van der Waals surface area contributed by atoms with Gasteiger partial charge >= 0.3 is 5.97 Å². The summed E-state index contributed by atoms with van der Waals surface area (Å²) in [6.07, 6.45) is -0.107. The number of ether oxygens (including phenoxy) is 1. The maximum absolute atomic E-state index is 12.8. The summed E-state index contributed by atoms with van der Waals surface area (Å²) >= 11 is 0. The Balaban J connectivity index is 1.92. The number of fused-ring (bicyclic) bond motifs is 1. The minimum absolute atomic E-state index is 0.107. The molecule has 1 aliphatic heterocycles. The largest absolute Gasteiger partial charge is 0.481 e. The molecule has 3 rings (SSSR count). The number of hydrogen-bond donors (Lipinski definition) is 2. The summed E-state index contributed by atoms with van der Waals surface area (Å²) in [6, 6.07) is 5.41. The van der Waals surface area contributed by atoms with Crippen molar-refractivity contribution in [3.63, 3.8) is 0 Å². The van der Waals surface area contributed by atoms with E-state index in [9.17, 15) is 9.59 Å². The first-order chi connectivity index (χ1) is 11.0. The van der Waals surface area contributed by atoms with E-state index in [0.717, 1.165) is 16.5 Å². The molecule has 0 aliphatic carbocycles. The second-order valence-electron chi connectivity index (χ2n) is 5.98. The van der Waals surface area contributed by atoms with Crippen LogP contribution in [0.5, 0.6) is 0 Å². The second kappa shape index (κ2) is 6.04.